The average Bonchev–Trinajstić information content (AvgIpc) is 1.55. The zero-order valence-corrected chi connectivity index (χ0v) is 65.9. The lowest BCUT2D eigenvalue weighted by Gasteiger charge is -2.14. The van der Waals surface area contributed by atoms with Gasteiger partial charge in [-0.1, -0.05) is 340 Å². The fourth-order valence-electron chi connectivity index (χ4n) is 17.7. The Morgan fingerprint density at radius 1 is 0.182 bits per heavy atom. The van der Waals surface area contributed by atoms with Gasteiger partial charge in [0.1, 0.15) is 22.3 Å². The van der Waals surface area contributed by atoms with Crippen molar-refractivity contribution in [3.63, 3.8) is 0 Å². The van der Waals surface area contributed by atoms with Crippen LogP contribution in [0, 0.1) is 0 Å². The first-order valence-electron chi connectivity index (χ1n) is 40.6. The minimum absolute atomic E-state index is 0.634. The second-order valence-electron chi connectivity index (χ2n) is 30.4. The van der Waals surface area contributed by atoms with Gasteiger partial charge >= 0.3 is 0 Å². The van der Waals surface area contributed by atoms with Gasteiger partial charge in [-0.2, -0.15) is 0 Å². The molecule has 0 amide bonds. The highest BCUT2D eigenvalue weighted by Crippen LogP contribution is 2.49. The quantitative estimate of drug-likeness (QED) is 0.130. The molecule has 121 heavy (non-hydrogen) atoms. The van der Waals surface area contributed by atoms with Gasteiger partial charge in [-0.25, -0.2) is 34.9 Å². The van der Waals surface area contributed by atoms with Crippen LogP contribution in [0.3, 0.4) is 0 Å². The largest absolute Gasteiger partial charge is 0.456 e. The highest BCUT2D eigenvalue weighted by atomic mass is 32.1. The number of hydrogen-bond acceptors (Lipinski definition) is 10. The van der Waals surface area contributed by atoms with E-state index in [-0.39, 0.29) is 0 Å². The van der Waals surface area contributed by atoms with Crippen molar-refractivity contribution in [2.45, 2.75) is 0 Å². The molecule has 0 spiro atoms. The van der Waals surface area contributed by atoms with Gasteiger partial charge in [0.2, 0.25) is 0 Å². The SMILES string of the molecule is c1ccc(-c2nc(-c3c4ccccc4cc4sc5ccccc5c34)nc3ccc4ccccc4c23)cc1.c1ccc(-c2nc(-c3ccccc3)c3cc(-c4c5ccccc5cc5oc6ccccc6c45)ccc3n2)cc1.c1ccc(-c2nc(-c3ccccc3)nc(-c3cc(-c4c5ccccc5cc5oc6ccccc6c45)cc4ccccc34)n2)cc1. The third kappa shape index (κ3) is 12.5. The predicted octanol–water partition coefficient (Wildman–Crippen LogP) is 30.1. The molecular formula is C111H67N7O2S. The van der Waals surface area contributed by atoms with E-state index in [2.05, 4.69) is 297 Å². The molecule has 25 rings (SSSR count). The number of furan rings is 2. The number of nitrogens with zero attached hydrogens (tertiary/aromatic N) is 7. The lowest BCUT2D eigenvalue weighted by molar-refractivity contribution is 0.669. The maximum atomic E-state index is 6.42. The number of para-hydroxylation sites is 2. The van der Waals surface area contributed by atoms with Crippen molar-refractivity contribution in [2.75, 3.05) is 0 Å². The maximum Gasteiger partial charge on any atom is 0.164 e. The molecule has 0 aliphatic carbocycles. The van der Waals surface area contributed by atoms with Crippen molar-refractivity contribution in [2.24, 2.45) is 0 Å². The molecule has 564 valence electrons. The highest BCUT2D eigenvalue weighted by Gasteiger charge is 2.25. The predicted molar refractivity (Wildman–Crippen MR) is 503 cm³/mol. The van der Waals surface area contributed by atoms with Gasteiger partial charge in [0, 0.05) is 103 Å². The lowest BCUT2D eigenvalue weighted by Crippen LogP contribution is -2.00. The number of hydrogen-bond donors (Lipinski definition) is 0. The van der Waals surface area contributed by atoms with Crippen LogP contribution in [0.25, 0.3) is 241 Å². The van der Waals surface area contributed by atoms with Crippen molar-refractivity contribution in [1.82, 2.24) is 34.9 Å². The third-order valence-corrected chi connectivity index (χ3v) is 24.3. The minimum atomic E-state index is 0.634. The van der Waals surface area contributed by atoms with Crippen LogP contribution in [0.15, 0.2) is 415 Å². The number of fused-ring (bicyclic) bond motifs is 17. The summed E-state index contributed by atoms with van der Waals surface area (Å²) in [6.07, 6.45) is 0. The Kier molecular flexibility index (Phi) is 17.2. The Morgan fingerprint density at radius 2 is 0.587 bits per heavy atom. The molecule has 0 atom stereocenters. The molecule has 0 saturated heterocycles. The molecule has 0 saturated carbocycles. The molecule has 19 aromatic carbocycles. The summed E-state index contributed by atoms with van der Waals surface area (Å²) in [5, 5.41) is 20.7. The summed E-state index contributed by atoms with van der Waals surface area (Å²) in [4.78, 5) is 35.9. The zero-order valence-electron chi connectivity index (χ0n) is 65.0. The molecule has 10 heteroatoms. The smallest absolute Gasteiger partial charge is 0.164 e. The normalized spacial score (nSPS) is 11.6. The fourth-order valence-corrected chi connectivity index (χ4v) is 18.9. The first-order valence-corrected chi connectivity index (χ1v) is 41.4. The molecule has 0 fully saturated rings. The van der Waals surface area contributed by atoms with E-state index in [1.54, 1.807) is 0 Å². The summed E-state index contributed by atoms with van der Waals surface area (Å²) >= 11 is 1.84. The minimum Gasteiger partial charge on any atom is -0.456 e. The van der Waals surface area contributed by atoms with E-state index in [1.807, 2.05) is 121 Å². The second kappa shape index (κ2) is 29.6. The van der Waals surface area contributed by atoms with Gasteiger partial charge in [0.15, 0.2) is 29.1 Å². The molecule has 9 nitrogen and oxygen atoms in total. The van der Waals surface area contributed by atoms with Gasteiger partial charge < -0.3 is 8.83 Å². The summed E-state index contributed by atoms with van der Waals surface area (Å²) in [5.74, 6) is 3.41. The Labute approximate surface area is 698 Å². The van der Waals surface area contributed by atoms with Crippen molar-refractivity contribution in [1.29, 1.82) is 0 Å². The highest BCUT2D eigenvalue weighted by molar-refractivity contribution is 7.26. The summed E-state index contributed by atoms with van der Waals surface area (Å²) in [7, 11) is 0. The van der Waals surface area contributed by atoms with Crippen molar-refractivity contribution < 1.29 is 8.83 Å². The van der Waals surface area contributed by atoms with Crippen LogP contribution in [0.1, 0.15) is 0 Å². The average molecular weight is 1560 g/mol. The number of aromatic nitrogens is 7. The van der Waals surface area contributed by atoms with Crippen LogP contribution < -0.4 is 0 Å². The van der Waals surface area contributed by atoms with Gasteiger partial charge in [-0.15, -0.1) is 11.3 Å². The monoisotopic (exact) mass is 1560 g/mol. The molecular weight excluding hydrogens is 1500 g/mol. The van der Waals surface area contributed by atoms with Gasteiger partial charge in [0.05, 0.1) is 22.4 Å². The Morgan fingerprint density at radius 3 is 1.16 bits per heavy atom. The van der Waals surface area contributed by atoms with Crippen molar-refractivity contribution in [3.05, 3.63) is 406 Å². The standard InChI is InChI=1S/C41H25N3O.C36H22N2O.C34H20N2S/c1-3-13-26(14-4-1)39-42-40(27-15-5-2-6-16-27)44-41(43-39)34-24-30(23-28-17-7-9-19-31(28)34)37-32-20-10-8-18-29(32)25-36-38(37)33-21-11-12-22-35(33)45-36;1-3-11-23(12-4-1)35-29-21-26(19-20-30(29)37-36(38-35)24-13-5-2-6-14-24)33-27-16-8-7-15-25(27)22-32-34(33)28-17-9-10-18-31(28)39-32;1-2-11-22(12-3-1)33-30-24-14-6-4-10-21(24)18-19-27(30)35-34(36-33)32-25-15-7-5-13-23(25)20-29-31(32)26-16-8-9-17-28(26)37-29/h1-25H;1-22H;1-20H. The van der Waals surface area contributed by atoms with Crippen LogP contribution >= 0.6 is 11.3 Å². The number of benzene rings is 19. The van der Waals surface area contributed by atoms with Crippen LogP contribution in [-0.2, 0) is 0 Å². The van der Waals surface area contributed by atoms with Crippen LogP contribution in [0.5, 0.6) is 0 Å². The maximum absolute atomic E-state index is 6.42. The topological polar surface area (TPSA) is 117 Å². The van der Waals surface area contributed by atoms with E-state index < -0.39 is 0 Å². The van der Waals surface area contributed by atoms with Crippen molar-refractivity contribution >= 4 is 151 Å². The lowest BCUT2D eigenvalue weighted by atomic mass is 9.90. The molecule has 0 aliphatic rings. The van der Waals surface area contributed by atoms with E-state index in [9.17, 15) is 0 Å². The van der Waals surface area contributed by atoms with Crippen LogP contribution in [0.2, 0.25) is 0 Å². The molecule has 0 aliphatic heterocycles. The van der Waals surface area contributed by atoms with E-state index in [1.165, 1.54) is 58.1 Å². The molecule has 0 unspecified atom stereocenters. The van der Waals surface area contributed by atoms with Crippen molar-refractivity contribution in [3.8, 4) is 102 Å². The second-order valence-corrected chi connectivity index (χ2v) is 31.5. The van der Waals surface area contributed by atoms with Gasteiger partial charge in [0.25, 0.3) is 0 Å². The van der Waals surface area contributed by atoms with E-state index >= 15 is 0 Å². The van der Waals surface area contributed by atoms with Gasteiger partial charge in [-0.3, -0.25) is 0 Å². The van der Waals surface area contributed by atoms with E-state index in [0.717, 1.165) is 166 Å². The molecule has 6 heterocycles. The first-order chi connectivity index (χ1) is 60.0. The molecule has 6 aromatic heterocycles. The Hall–Kier alpha value is -16.0. The molecule has 0 radical (unpaired) electrons. The van der Waals surface area contributed by atoms with Gasteiger partial charge in [-0.05, 0) is 132 Å². The summed E-state index contributed by atoms with van der Waals surface area (Å²) in [6, 6.07) is 141. The van der Waals surface area contributed by atoms with E-state index in [0.29, 0.717) is 17.5 Å². The number of rotatable bonds is 9. The third-order valence-electron chi connectivity index (χ3n) is 23.2. The summed E-state index contributed by atoms with van der Waals surface area (Å²) in [5.41, 5.74) is 18.9. The Balaban J connectivity index is 0.000000106. The Bertz CT molecular complexity index is 8350. The van der Waals surface area contributed by atoms with Crippen LogP contribution in [-0.4, -0.2) is 34.9 Å². The zero-order chi connectivity index (χ0) is 79.9. The summed E-state index contributed by atoms with van der Waals surface area (Å²) < 4.78 is 15.3. The molecule has 0 N–H and O–H groups in total. The summed E-state index contributed by atoms with van der Waals surface area (Å²) in [6.45, 7) is 0. The molecule has 25 aromatic rings. The van der Waals surface area contributed by atoms with E-state index in [4.69, 9.17) is 43.7 Å². The molecule has 0 bridgehead atoms. The number of thiophene rings is 1. The van der Waals surface area contributed by atoms with Crippen LogP contribution in [0.4, 0.5) is 0 Å². The first kappa shape index (κ1) is 70.4. The fraction of sp³-hybridized carbons (Fsp3) is 0.